The largest absolute Gasteiger partial charge is 0.281 e. The standard InChI is InChI=1S/C8H14ClN3O2S/c1-6(4-9)5-15(13,14)12-8-3-7(2)10-11-8/h3,6H,4-5H2,1-2H3,(H2,10,11,12). The van der Waals surface area contributed by atoms with Crippen LogP contribution in [0.1, 0.15) is 12.6 Å². The number of nitrogens with one attached hydrogen (secondary N) is 2. The second kappa shape index (κ2) is 4.85. The molecule has 0 spiro atoms. The van der Waals surface area contributed by atoms with Gasteiger partial charge >= 0.3 is 0 Å². The summed E-state index contributed by atoms with van der Waals surface area (Å²) < 4.78 is 25.5. The average molecular weight is 252 g/mol. The molecule has 0 fully saturated rings. The summed E-state index contributed by atoms with van der Waals surface area (Å²) in [4.78, 5) is 0. The molecule has 1 aromatic rings. The van der Waals surface area contributed by atoms with E-state index in [0.717, 1.165) is 5.69 Å². The van der Waals surface area contributed by atoms with Gasteiger partial charge in [-0.2, -0.15) is 5.10 Å². The summed E-state index contributed by atoms with van der Waals surface area (Å²) in [6, 6.07) is 1.63. The minimum Gasteiger partial charge on any atom is -0.281 e. The molecule has 0 aliphatic carbocycles. The first-order valence-corrected chi connectivity index (χ1v) is 6.70. The summed E-state index contributed by atoms with van der Waals surface area (Å²) in [7, 11) is -3.35. The number of hydrogen-bond donors (Lipinski definition) is 2. The number of anilines is 1. The summed E-state index contributed by atoms with van der Waals surface area (Å²) >= 11 is 5.55. The molecule has 0 aromatic carbocycles. The molecule has 0 radical (unpaired) electrons. The van der Waals surface area contributed by atoms with E-state index >= 15 is 0 Å². The second-order valence-electron chi connectivity index (χ2n) is 3.58. The minimum atomic E-state index is -3.35. The van der Waals surface area contributed by atoms with Gasteiger partial charge in [-0.3, -0.25) is 9.82 Å². The highest BCUT2D eigenvalue weighted by Crippen LogP contribution is 2.09. The van der Waals surface area contributed by atoms with Gasteiger partial charge in [0.1, 0.15) is 0 Å². The smallest absolute Gasteiger partial charge is 0.234 e. The maximum absolute atomic E-state index is 11.6. The van der Waals surface area contributed by atoms with Gasteiger partial charge in [0.05, 0.1) is 5.75 Å². The van der Waals surface area contributed by atoms with Gasteiger partial charge in [0.25, 0.3) is 0 Å². The van der Waals surface area contributed by atoms with Crippen LogP contribution in [0.4, 0.5) is 5.82 Å². The summed E-state index contributed by atoms with van der Waals surface area (Å²) in [6.45, 7) is 3.58. The normalized spacial score (nSPS) is 13.8. The van der Waals surface area contributed by atoms with Crippen molar-refractivity contribution in [3.63, 3.8) is 0 Å². The Morgan fingerprint density at radius 3 is 2.80 bits per heavy atom. The second-order valence-corrected chi connectivity index (χ2v) is 5.65. The van der Waals surface area contributed by atoms with Gasteiger partial charge in [-0.1, -0.05) is 6.92 Å². The molecule has 1 rings (SSSR count). The van der Waals surface area contributed by atoms with Crippen molar-refractivity contribution in [2.45, 2.75) is 13.8 Å². The monoisotopic (exact) mass is 251 g/mol. The third-order valence-corrected chi connectivity index (χ3v) is 3.79. The molecule has 5 nitrogen and oxygen atoms in total. The first-order chi connectivity index (χ1) is 6.93. The number of rotatable bonds is 5. The first kappa shape index (κ1) is 12.3. The number of halogens is 1. The Labute approximate surface area is 94.3 Å². The third kappa shape index (κ3) is 4.09. The van der Waals surface area contributed by atoms with E-state index in [1.807, 2.05) is 0 Å². The number of alkyl halides is 1. The molecule has 1 heterocycles. The fourth-order valence-electron chi connectivity index (χ4n) is 1.09. The van der Waals surface area contributed by atoms with E-state index in [4.69, 9.17) is 11.6 Å². The first-order valence-electron chi connectivity index (χ1n) is 4.51. The topological polar surface area (TPSA) is 74.8 Å². The molecule has 0 saturated carbocycles. The van der Waals surface area contributed by atoms with E-state index in [-0.39, 0.29) is 11.7 Å². The molecule has 0 aliphatic rings. The number of aryl methyl sites for hydroxylation is 1. The Hall–Kier alpha value is -0.750. The van der Waals surface area contributed by atoms with Gasteiger partial charge < -0.3 is 0 Å². The van der Waals surface area contributed by atoms with Crippen molar-refractivity contribution < 1.29 is 8.42 Å². The summed E-state index contributed by atoms with van der Waals surface area (Å²) in [5, 5.41) is 6.44. The van der Waals surface area contributed by atoms with Crippen molar-refractivity contribution in [3.05, 3.63) is 11.8 Å². The molecular formula is C8H14ClN3O2S. The number of H-pyrrole nitrogens is 1. The molecule has 1 unspecified atom stereocenters. The van der Waals surface area contributed by atoms with Crippen molar-refractivity contribution in [3.8, 4) is 0 Å². The number of nitrogens with zero attached hydrogens (tertiary/aromatic N) is 1. The van der Waals surface area contributed by atoms with E-state index in [2.05, 4.69) is 14.9 Å². The Morgan fingerprint density at radius 1 is 1.67 bits per heavy atom. The van der Waals surface area contributed by atoms with Crippen LogP contribution in [-0.4, -0.2) is 30.2 Å². The van der Waals surface area contributed by atoms with Crippen molar-refractivity contribution in [1.82, 2.24) is 10.2 Å². The maximum Gasteiger partial charge on any atom is 0.234 e. The van der Waals surface area contributed by atoms with Crippen LogP contribution in [0.15, 0.2) is 6.07 Å². The summed E-state index contributed by atoms with van der Waals surface area (Å²) in [6.07, 6.45) is 0. The minimum absolute atomic E-state index is 0.00239. The zero-order valence-corrected chi connectivity index (χ0v) is 10.2. The van der Waals surface area contributed by atoms with E-state index in [9.17, 15) is 8.42 Å². The highest BCUT2D eigenvalue weighted by molar-refractivity contribution is 7.92. The maximum atomic E-state index is 11.6. The van der Waals surface area contributed by atoms with E-state index in [0.29, 0.717) is 11.7 Å². The van der Waals surface area contributed by atoms with Gasteiger partial charge in [-0.25, -0.2) is 8.42 Å². The molecule has 86 valence electrons. The average Bonchev–Trinajstić information content (AvgIpc) is 2.49. The lowest BCUT2D eigenvalue weighted by Gasteiger charge is -2.08. The SMILES string of the molecule is Cc1cc(NS(=O)(=O)CC(C)CCl)n[nH]1. The molecule has 0 saturated heterocycles. The molecule has 7 heteroatoms. The number of aromatic amines is 1. The Morgan fingerprint density at radius 2 is 2.33 bits per heavy atom. The van der Waals surface area contributed by atoms with E-state index < -0.39 is 10.0 Å². The Kier molecular flexibility index (Phi) is 3.98. The van der Waals surface area contributed by atoms with Crippen molar-refractivity contribution >= 4 is 27.4 Å². The predicted octanol–water partition coefficient (Wildman–Crippen LogP) is 1.33. The van der Waals surface area contributed by atoms with Crippen molar-refractivity contribution in [2.75, 3.05) is 16.4 Å². The van der Waals surface area contributed by atoms with Crippen LogP contribution in [0.2, 0.25) is 0 Å². The quantitative estimate of drug-likeness (QED) is 0.776. The lowest BCUT2D eigenvalue weighted by Crippen LogP contribution is -2.22. The molecular weight excluding hydrogens is 238 g/mol. The summed E-state index contributed by atoms with van der Waals surface area (Å²) in [5.41, 5.74) is 0.804. The molecule has 1 atom stereocenters. The number of hydrogen-bond acceptors (Lipinski definition) is 3. The Bertz CT molecular complexity index is 415. The van der Waals surface area contributed by atoms with Crippen molar-refractivity contribution in [1.29, 1.82) is 0 Å². The van der Waals surface area contributed by atoms with Crippen LogP contribution in [0, 0.1) is 12.8 Å². The van der Waals surface area contributed by atoms with Crippen LogP contribution in [0.25, 0.3) is 0 Å². The number of sulfonamides is 1. The fraction of sp³-hybridized carbons (Fsp3) is 0.625. The van der Waals surface area contributed by atoms with Gasteiger partial charge in [-0.15, -0.1) is 11.6 Å². The lowest BCUT2D eigenvalue weighted by molar-refractivity contribution is 0.588. The van der Waals surface area contributed by atoms with Crippen LogP contribution >= 0.6 is 11.6 Å². The van der Waals surface area contributed by atoms with Crippen LogP contribution in [0.5, 0.6) is 0 Å². The van der Waals surface area contributed by atoms with Crippen molar-refractivity contribution in [2.24, 2.45) is 5.92 Å². The Balaban J connectivity index is 2.64. The van der Waals surface area contributed by atoms with Gasteiger partial charge in [0.2, 0.25) is 10.0 Å². The van der Waals surface area contributed by atoms with Gasteiger partial charge in [-0.05, 0) is 12.8 Å². The molecule has 0 amide bonds. The molecule has 0 aliphatic heterocycles. The predicted molar refractivity (Wildman–Crippen MR) is 60.6 cm³/mol. The molecule has 1 aromatic heterocycles. The van der Waals surface area contributed by atoms with Crippen LogP contribution < -0.4 is 4.72 Å². The van der Waals surface area contributed by atoms with E-state index in [1.165, 1.54) is 0 Å². The van der Waals surface area contributed by atoms with Gasteiger partial charge in [0, 0.05) is 17.6 Å². The lowest BCUT2D eigenvalue weighted by atomic mass is 10.3. The zero-order valence-electron chi connectivity index (χ0n) is 8.62. The molecule has 0 bridgehead atoms. The zero-order chi connectivity index (χ0) is 11.5. The summed E-state index contributed by atoms with van der Waals surface area (Å²) in [5.74, 6) is 0.557. The van der Waals surface area contributed by atoms with Crippen LogP contribution in [0.3, 0.4) is 0 Å². The van der Waals surface area contributed by atoms with Gasteiger partial charge in [0.15, 0.2) is 5.82 Å². The molecule has 15 heavy (non-hydrogen) atoms. The molecule has 2 N–H and O–H groups in total. The highest BCUT2D eigenvalue weighted by Gasteiger charge is 2.16. The van der Waals surface area contributed by atoms with Crippen LogP contribution in [-0.2, 0) is 10.0 Å². The fourth-order valence-corrected chi connectivity index (χ4v) is 2.70. The highest BCUT2D eigenvalue weighted by atomic mass is 35.5. The third-order valence-electron chi connectivity index (χ3n) is 1.73. The number of aromatic nitrogens is 2. The van der Waals surface area contributed by atoms with E-state index in [1.54, 1.807) is 19.9 Å².